The lowest BCUT2D eigenvalue weighted by Gasteiger charge is -2.30. The van der Waals surface area contributed by atoms with Gasteiger partial charge in [0.05, 0.1) is 6.54 Å². The van der Waals surface area contributed by atoms with Crippen molar-refractivity contribution in [1.29, 1.82) is 0 Å². The van der Waals surface area contributed by atoms with Crippen LogP contribution in [0.4, 0.5) is 0 Å². The molecule has 2 aromatic rings. The molecule has 1 fully saturated rings. The number of nitrogens with one attached hydrogen (secondary N) is 1. The Morgan fingerprint density at radius 1 is 1.00 bits per heavy atom. The van der Waals surface area contributed by atoms with Crippen LogP contribution in [0.15, 0.2) is 54.6 Å². The fourth-order valence-electron chi connectivity index (χ4n) is 2.93. The third-order valence-corrected chi connectivity index (χ3v) is 4.63. The number of para-hydroxylation sites is 1. The zero-order chi connectivity index (χ0) is 18.4. The number of piperidine rings is 1. The fraction of sp³-hybridized carbons (Fsp3) is 0.333. The van der Waals surface area contributed by atoms with Gasteiger partial charge in [-0.1, -0.05) is 25.1 Å². The molecule has 0 radical (unpaired) electrons. The maximum absolute atomic E-state index is 12.2. The Balaban J connectivity index is 1.49. The molecule has 5 heteroatoms. The van der Waals surface area contributed by atoms with E-state index in [0.29, 0.717) is 17.2 Å². The van der Waals surface area contributed by atoms with Crippen molar-refractivity contribution < 1.29 is 14.3 Å². The number of ether oxygens (including phenoxy) is 1. The molecule has 5 nitrogen and oxygen atoms in total. The quantitative estimate of drug-likeness (QED) is 0.896. The van der Waals surface area contributed by atoms with Gasteiger partial charge in [-0.05, 0) is 55.2 Å². The molecule has 1 aliphatic rings. The van der Waals surface area contributed by atoms with Gasteiger partial charge in [-0.2, -0.15) is 0 Å². The highest BCUT2D eigenvalue weighted by Gasteiger charge is 2.20. The zero-order valence-corrected chi connectivity index (χ0v) is 15.0. The third-order valence-electron chi connectivity index (χ3n) is 4.63. The molecule has 2 aromatic carbocycles. The van der Waals surface area contributed by atoms with Gasteiger partial charge < -0.3 is 15.0 Å². The van der Waals surface area contributed by atoms with Crippen LogP contribution in [0.3, 0.4) is 0 Å². The second-order valence-electron chi connectivity index (χ2n) is 6.69. The van der Waals surface area contributed by atoms with E-state index in [1.165, 1.54) is 0 Å². The summed E-state index contributed by atoms with van der Waals surface area (Å²) in [6.07, 6.45) is 2.06. The predicted octanol–water partition coefficient (Wildman–Crippen LogP) is 3.47. The Bertz CT molecular complexity index is 736. The van der Waals surface area contributed by atoms with Crippen LogP contribution in [0.25, 0.3) is 0 Å². The van der Waals surface area contributed by atoms with Crippen molar-refractivity contribution in [2.24, 2.45) is 5.92 Å². The molecule has 1 aliphatic heterocycles. The molecule has 0 aliphatic carbocycles. The normalized spacial score (nSPS) is 14.7. The summed E-state index contributed by atoms with van der Waals surface area (Å²) in [6, 6.07) is 16.3. The molecule has 0 atom stereocenters. The number of likely N-dealkylation sites (tertiary alicyclic amines) is 1. The second-order valence-corrected chi connectivity index (χ2v) is 6.69. The van der Waals surface area contributed by atoms with Gasteiger partial charge in [0.2, 0.25) is 5.91 Å². The average Bonchev–Trinajstić information content (AvgIpc) is 2.68. The van der Waals surface area contributed by atoms with E-state index in [0.717, 1.165) is 31.7 Å². The van der Waals surface area contributed by atoms with Crippen molar-refractivity contribution in [3.05, 3.63) is 60.2 Å². The molecule has 0 saturated carbocycles. The molecule has 1 saturated heterocycles. The summed E-state index contributed by atoms with van der Waals surface area (Å²) in [6.45, 7) is 3.80. The highest BCUT2D eigenvalue weighted by molar-refractivity contribution is 5.96. The highest BCUT2D eigenvalue weighted by atomic mass is 16.5. The van der Waals surface area contributed by atoms with E-state index < -0.39 is 0 Å². The minimum atomic E-state index is -0.255. The lowest BCUT2D eigenvalue weighted by Crippen LogP contribution is -2.43. The molecule has 3 rings (SSSR count). The third kappa shape index (κ3) is 4.85. The van der Waals surface area contributed by atoms with Crippen molar-refractivity contribution >= 4 is 11.8 Å². The lowest BCUT2D eigenvalue weighted by atomic mass is 9.99. The highest BCUT2D eigenvalue weighted by Crippen LogP contribution is 2.21. The van der Waals surface area contributed by atoms with Gasteiger partial charge in [0.1, 0.15) is 11.5 Å². The van der Waals surface area contributed by atoms with Gasteiger partial charge in [-0.15, -0.1) is 0 Å². The van der Waals surface area contributed by atoms with E-state index in [1.807, 2.05) is 35.2 Å². The van der Waals surface area contributed by atoms with Crippen LogP contribution in [0.2, 0.25) is 0 Å². The van der Waals surface area contributed by atoms with Crippen LogP contribution in [0.5, 0.6) is 11.5 Å². The summed E-state index contributed by atoms with van der Waals surface area (Å²) in [5, 5.41) is 2.71. The molecular weight excluding hydrogens is 328 g/mol. The number of nitrogens with zero attached hydrogens (tertiary/aromatic N) is 1. The largest absolute Gasteiger partial charge is 0.457 e. The summed E-state index contributed by atoms with van der Waals surface area (Å²) in [5.41, 5.74) is 0.505. The predicted molar refractivity (Wildman–Crippen MR) is 100 cm³/mol. The van der Waals surface area contributed by atoms with Gasteiger partial charge >= 0.3 is 0 Å². The Kier molecular flexibility index (Phi) is 5.89. The van der Waals surface area contributed by atoms with Crippen LogP contribution in [-0.4, -0.2) is 36.3 Å². The monoisotopic (exact) mass is 352 g/mol. The maximum Gasteiger partial charge on any atom is 0.251 e. The minimum absolute atomic E-state index is 0.0192. The first kappa shape index (κ1) is 18.0. The summed E-state index contributed by atoms with van der Waals surface area (Å²) >= 11 is 0. The number of amides is 2. The molecule has 0 aromatic heterocycles. The first-order valence-electron chi connectivity index (χ1n) is 9.01. The van der Waals surface area contributed by atoms with E-state index in [1.54, 1.807) is 24.3 Å². The van der Waals surface area contributed by atoms with Crippen LogP contribution in [0.1, 0.15) is 30.1 Å². The topological polar surface area (TPSA) is 58.6 Å². The van der Waals surface area contributed by atoms with E-state index in [2.05, 4.69) is 12.2 Å². The minimum Gasteiger partial charge on any atom is -0.457 e. The molecule has 0 bridgehead atoms. The Morgan fingerprint density at radius 3 is 2.27 bits per heavy atom. The molecule has 0 unspecified atom stereocenters. The van der Waals surface area contributed by atoms with Crippen molar-refractivity contribution in [3.63, 3.8) is 0 Å². The molecule has 2 amide bonds. The Hall–Kier alpha value is -2.82. The number of carbonyl (C=O) groups is 2. The second kappa shape index (κ2) is 8.52. The summed E-state index contributed by atoms with van der Waals surface area (Å²) < 4.78 is 5.71. The first-order chi connectivity index (χ1) is 12.6. The van der Waals surface area contributed by atoms with Crippen LogP contribution in [-0.2, 0) is 4.79 Å². The van der Waals surface area contributed by atoms with Gasteiger partial charge in [0.15, 0.2) is 0 Å². The van der Waals surface area contributed by atoms with E-state index in [-0.39, 0.29) is 18.4 Å². The SMILES string of the molecule is CC1CCN(C(=O)CNC(=O)c2ccc(Oc3ccccc3)cc2)CC1. The van der Waals surface area contributed by atoms with Crippen molar-refractivity contribution in [3.8, 4) is 11.5 Å². The molecule has 1 heterocycles. The van der Waals surface area contributed by atoms with E-state index in [4.69, 9.17) is 4.74 Å². The molecule has 1 N–H and O–H groups in total. The van der Waals surface area contributed by atoms with Gasteiger partial charge in [0.25, 0.3) is 5.91 Å². The maximum atomic E-state index is 12.2. The van der Waals surface area contributed by atoms with Gasteiger partial charge in [-0.25, -0.2) is 0 Å². The number of hydrogen-bond donors (Lipinski definition) is 1. The summed E-state index contributed by atoms with van der Waals surface area (Å²) in [5.74, 6) is 1.80. The van der Waals surface area contributed by atoms with Gasteiger partial charge in [0, 0.05) is 18.7 Å². The molecule has 0 spiro atoms. The Labute approximate surface area is 154 Å². The average molecular weight is 352 g/mol. The summed E-state index contributed by atoms with van der Waals surface area (Å²) in [7, 11) is 0. The molecule has 136 valence electrons. The lowest BCUT2D eigenvalue weighted by molar-refractivity contribution is -0.131. The first-order valence-corrected chi connectivity index (χ1v) is 9.01. The smallest absolute Gasteiger partial charge is 0.251 e. The van der Waals surface area contributed by atoms with Crippen LogP contribution < -0.4 is 10.1 Å². The molecule has 26 heavy (non-hydrogen) atoms. The van der Waals surface area contributed by atoms with Crippen molar-refractivity contribution in [2.45, 2.75) is 19.8 Å². The zero-order valence-electron chi connectivity index (χ0n) is 15.0. The Morgan fingerprint density at radius 2 is 1.62 bits per heavy atom. The van der Waals surface area contributed by atoms with Crippen LogP contribution in [0, 0.1) is 5.92 Å². The number of rotatable bonds is 5. The van der Waals surface area contributed by atoms with Crippen molar-refractivity contribution in [1.82, 2.24) is 10.2 Å². The summed E-state index contributed by atoms with van der Waals surface area (Å²) in [4.78, 5) is 26.3. The standard InChI is InChI=1S/C21H24N2O3/c1-16-11-13-23(14-12-16)20(24)15-22-21(25)17-7-9-19(10-8-17)26-18-5-3-2-4-6-18/h2-10,16H,11-15H2,1H3,(H,22,25). The van der Waals surface area contributed by atoms with Crippen LogP contribution >= 0.6 is 0 Å². The van der Waals surface area contributed by atoms with Crippen molar-refractivity contribution in [2.75, 3.05) is 19.6 Å². The fourth-order valence-corrected chi connectivity index (χ4v) is 2.93. The van der Waals surface area contributed by atoms with E-state index in [9.17, 15) is 9.59 Å². The number of hydrogen-bond acceptors (Lipinski definition) is 3. The number of carbonyl (C=O) groups excluding carboxylic acids is 2. The van der Waals surface area contributed by atoms with E-state index >= 15 is 0 Å². The molecular formula is C21H24N2O3. The van der Waals surface area contributed by atoms with Gasteiger partial charge in [-0.3, -0.25) is 9.59 Å². The number of benzene rings is 2.